The van der Waals surface area contributed by atoms with E-state index in [1.54, 1.807) is 15.9 Å². The summed E-state index contributed by atoms with van der Waals surface area (Å²) in [5, 5.41) is 5.53. The van der Waals surface area contributed by atoms with E-state index in [0.717, 1.165) is 46.3 Å². The standard InChI is InChI=1S/C23H21F2N5S/c1-13(2)22-26-12-19(31-22)16-11-27-30-8-6-20(28-21(16)30)29-7-5-14-10-23(14,29)17-9-15(24)3-4-18(17)25/h3-4,6,8-9,11-14H,5,7,10H2,1-2H3/t14-,23+/m0/s1. The Labute approximate surface area is 182 Å². The van der Waals surface area contributed by atoms with Crippen molar-refractivity contribution in [3.63, 3.8) is 0 Å². The molecule has 0 spiro atoms. The molecule has 1 saturated heterocycles. The number of anilines is 1. The van der Waals surface area contributed by atoms with Gasteiger partial charge in [0.1, 0.15) is 17.5 Å². The monoisotopic (exact) mass is 437 g/mol. The van der Waals surface area contributed by atoms with Crippen LogP contribution >= 0.6 is 11.3 Å². The van der Waals surface area contributed by atoms with Crippen LogP contribution in [0.5, 0.6) is 0 Å². The SMILES string of the molecule is CC(C)c1ncc(-c2cnn3ccc(N4CC[C@H]5C[C@]54c4cc(F)ccc4F)nc23)s1. The Morgan fingerprint density at radius 3 is 2.84 bits per heavy atom. The Morgan fingerprint density at radius 2 is 2.06 bits per heavy atom. The van der Waals surface area contributed by atoms with Gasteiger partial charge in [0, 0.05) is 30.4 Å². The fourth-order valence-electron chi connectivity index (χ4n) is 4.96. The number of rotatable bonds is 4. The molecule has 1 aliphatic carbocycles. The van der Waals surface area contributed by atoms with Gasteiger partial charge in [0.2, 0.25) is 0 Å². The molecule has 158 valence electrons. The Hall–Kier alpha value is -2.87. The summed E-state index contributed by atoms with van der Waals surface area (Å²) >= 11 is 1.65. The molecule has 8 heteroatoms. The van der Waals surface area contributed by atoms with E-state index in [9.17, 15) is 8.78 Å². The summed E-state index contributed by atoms with van der Waals surface area (Å²) in [6.07, 6.45) is 7.34. The van der Waals surface area contributed by atoms with Crippen LogP contribution in [0.25, 0.3) is 16.1 Å². The van der Waals surface area contributed by atoms with Crippen molar-refractivity contribution in [3.05, 3.63) is 65.1 Å². The van der Waals surface area contributed by atoms with E-state index < -0.39 is 11.4 Å². The largest absolute Gasteiger partial charge is 0.346 e. The van der Waals surface area contributed by atoms with Crippen molar-refractivity contribution in [2.24, 2.45) is 5.92 Å². The summed E-state index contributed by atoms with van der Waals surface area (Å²) in [6.45, 7) is 5.02. The number of piperidine rings is 1. The van der Waals surface area contributed by atoms with E-state index in [4.69, 9.17) is 4.98 Å². The van der Waals surface area contributed by atoms with Gasteiger partial charge in [-0.3, -0.25) is 0 Å². The van der Waals surface area contributed by atoms with Crippen molar-refractivity contribution in [3.8, 4) is 10.4 Å². The minimum absolute atomic E-state index is 0.321. The van der Waals surface area contributed by atoms with Gasteiger partial charge in [0.15, 0.2) is 5.65 Å². The molecule has 5 nitrogen and oxygen atoms in total. The lowest BCUT2D eigenvalue weighted by molar-refractivity contribution is 0.544. The molecule has 0 radical (unpaired) electrons. The summed E-state index contributed by atoms with van der Waals surface area (Å²) < 4.78 is 30.4. The molecule has 2 fully saturated rings. The quantitative estimate of drug-likeness (QED) is 0.430. The molecule has 0 unspecified atom stereocenters. The van der Waals surface area contributed by atoms with Gasteiger partial charge in [-0.1, -0.05) is 13.8 Å². The maximum Gasteiger partial charge on any atom is 0.166 e. The first-order valence-electron chi connectivity index (χ1n) is 10.5. The number of benzene rings is 1. The first-order chi connectivity index (χ1) is 15.0. The van der Waals surface area contributed by atoms with Gasteiger partial charge in [-0.2, -0.15) is 5.10 Å². The second-order valence-corrected chi connectivity index (χ2v) is 9.78. The van der Waals surface area contributed by atoms with Gasteiger partial charge in [0.05, 0.1) is 27.2 Å². The van der Waals surface area contributed by atoms with Crippen molar-refractivity contribution < 1.29 is 8.78 Å². The molecular weight excluding hydrogens is 416 g/mol. The highest BCUT2D eigenvalue weighted by Gasteiger charge is 2.64. The minimum Gasteiger partial charge on any atom is -0.346 e. The molecule has 0 amide bonds. The number of nitrogens with zero attached hydrogens (tertiary/aromatic N) is 5. The fraction of sp³-hybridized carbons (Fsp3) is 0.348. The average Bonchev–Trinajstić information content (AvgIpc) is 3.13. The molecule has 1 saturated carbocycles. The fourth-order valence-corrected chi connectivity index (χ4v) is 5.88. The smallest absolute Gasteiger partial charge is 0.166 e. The molecular formula is C23H21F2N5S. The summed E-state index contributed by atoms with van der Waals surface area (Å²) in [5.74, 6) is 0.693. The maximum atomic E-state index is 14.7. The van der Waals surface area contributed by atoms with E-state index in [1.807, 2.05) is 24.7 Å². The molecule has 31 heavy (non-hydrogen) atoms. The summed E-state index contributed by atoms with van der Waals surface area (Å²) in [6, 6.07) is 5.67. The molecule has 4 aromatic rings. The Kier molecular flexibility index (Phi) is 3.99. The Bertz CT molecular complexity index is 1310. The highest BCUT2D eigenvalue weighted by atomic mass is 32.1. The van der Waals surface area contributed by atoms with Gasteiger partial charge in [-0.15, -0.1) is 11.3 Å². The van der Waals surface area contributed by atoms with Crippen LogP contribution < -0.4 is 4.90 Å². The first kappa shape index (κ1) is 18.9. The zero-order chi connectivity index (χ0) is 21.3. The number of fused-ring (bicyclic) bond motifs is 2. The van der Waals surface area contributed by atoms with Gasteiger partial charge in [0.25, 0.3) is 0 Å². The van der Waals surface area contributed by atoms with E-state index in [1.165, 1.54) is 18.2 Å². The molecule has 0 bridgehead atoms. The summed E-state index contributed by atoms with van der Waals surface area (Å²) in [7, 11) is 0. The summed E-state index contributed by atoms with van der Waals surface area (Å²) in [4.78, 5) is 12.6. The minimum atomic E-state index is -0.507. The van der Waals surface area contributed by atoms with Crippen LogP contribution in [0.1, 0.15) is 43.2 Å². The second kappa shape index (κ2) is 6.56. The van der Waals surface area contributed by atoms with Crippen LogP contribution in [0.4, 0.5) is 14.6 Å². The predicted molar refractivity (Wildman–Crippen MR) is 116 cm³/mol. The maximum absolute atomic E-state index is 14.7. The average molecular weight is 438 g/mol. The number of thiazole rings is 1. The third-order valence-electron chi connectivity index (χ3n) is 6.56. The predicted octanol–water partition coefficient (Wildman–Crippen LogP) is 5.38. The van der Waals surface area contributed by atoms with Crippen LogP contribution in [-0.4, -0.2) is 26.1 Å². The highest BCUT2D eigenvalue weighted by molar-refractivity contribution is 7.15. The summed E-state index contributed by atoms with van der Waals surface area (Å²) in [5.41, 5.74) is 1.61. The number of hydrogen-bond acceptors (Lipinski definition) is 5. The Balaban J connectivity index is 1.44. The lowest BCUT2D eigenvalue weighted by Crippen LogP contribution is -2.34. The molecule has 6 rings (SSSR count). The number of aromatic nitrogens is 4. The van der Waals surface area contributed by atoms with Crippen molar-refractivity contribution in [2.75, 3.05) is 11.4 Å². The lowest BCUT2D eigenvalue weighted by atomic mass is 10.0. The van der Waals surface area contributed by atoms with Gasteiger partial charge >= 0.3 is 0 Å². The van der Waals surface area contributed by atoms with E-state index in [2.05, 4.69) is 28.8 Å². The van der Waals surface area contributed by atoms with Gasteiger partial charge < -0.3 is 4.90 Å². The molecule has 4 heterocycles. The van der Waals surface area contributed by atoms with E-state index in [0.29, 0.717) is 17.4 Å². The van der Waals surface area contributed by atoms with Crippen LogP contribution in [0, 0.1) is 17.6 Å². The lowest BCUT2D eigenvalue weighted by Gasteiger charge is -2.30. The van der Waals surface area contributed by atoms with E-state index >= 15 is 0 Å². The van der Waals surface area contributed by atoms with Gasteiger partial charge in [-0.05, 0) is 43.0 Å². The molecule has 3 aromatic heterocycles. The van der Waals surface area contributed by atoms with Crippen LogP contribution in [-0.2, 0) is 5.54 Å². The third kappa shape index (κ3) is 2.74. The molecule has 0 N–H and O–H groups in total. The second-order valence-electron chi connectivity index (χ2n) is 8.72. The van der Waals surface area contributed by atoms with Gasteiger partial charge in [-0.25, -0.2) is 23.3 Å². The van der Waals surface area contributed by atoms with Crippen LogP contribution in [0.2, 0.25) is 0 Å². The first-order valence-corrected chi connectivity index (χ1v) is 11.3. The zero-order valence-electron chi connectivity index (χ0n) is 17.2. The highest BCUT2D eigenvalue weighted by Crippen LogP contribution is 2.63. The van der Waals surface area contributed by atoms with Crippen molar-refractivity contribution in [1.29, 1.82) is 0 Å². The molecule has 2 atom stereocenters. The van der Waals surface area contributed by atoms with E-state index in [-0.39, 0.29) is 5.82 Å². The van der Waals surface area contributed by atoms with Crippen molar-refractivity contribution in [1.82, 2.24) is 19.6 Å². The topological polar surface area (TPSA) is 46.3 Å². The van der Waals surface area contributed by atoms with Crippen LogP contribution in [0.15, 0.2) is 42.9 Å². The molecule has 2 aliphatic rings. The van der Waals surface area contributed by atoms with Crippen molar-refractivity contribution >= 4 is 22.8 Å². The van der Waals surface area contributed by atoms with Crippen molar-refractivity contribution in [2.45, 2.75) is 38.1 Å². The normalized spacial score (nSPS) is 22.5. The Morgan fingerprint density at radius 1 is 1.19 bits per heavy atom. The number of halogens is 2. The van der Waals surface area contributed by atoms with Crippen LogP contribution in [0.3, 0.4) is 0 Å². The zero-order valence-corrected chi connectivity index (χ0v) is 18.0. The third-order valence-corrected chi connectivity index (χ3v) is 7.90. The number of hydrogen-bond donors (Lipinski definition) is 0. The molecule has 1 aliphatic heterocycles. The molecule has 1 aromatic carbocycles.